The van der Waals surface area contributed by atoms with E-state index in [9.17, 15) is 17.6 Å². The van der Waals surface area contributed by atoms with Crippen LogP contribution in [0.4, 0.5) is 4.39 Å². The first-order valence-electron chi connectivity index (χ1n) is 9.42. The summed E-state index contributed by atoms with van der Waals surface area (Å²) >= 11 is 0. The Labute approximate surface area is 161 Å². The molecule has 1 heterocycles. The summed E-state index contributed by atoms with van der Waals surface area (Å²) in [6.45, 7) is 2.96. The molecule has 152 valence electrons. The summed E-state index contributed by atoms with van der Waals surface area (Å²) in [6.07, 6.45) is 1.95. The first-order chi connectivity index (χ1) is 12.7. The van der Waals surface area contributed by atoms with Crippen LogP contribution < -0.4 is 5.32 Å². The molecule has 6 nitrogen and oxygen atoms in total. The van der Waals surface area contributed by atoms with E-state index in [4.69, 9.17) is 0 Å². The molecule has 1 aliphatic rings. The fraction of sp³-hybridized carbons (Fsp3) is 0.632. The number of carbonyl (C=O) groups excluding carboxylic acids is 1. The number of hydrogen-bond acceptors (Lipinski definition) is 4. The SMILES string of the molecule is CCCS(=O)(=O)N1CCCC(C(=O)NCC(c2ccc(F)cc2)N(C)C)C1. The molecular weight excluding hydrogens is 369 g/mol. The van der Waals surface area contributed by atoms with Gasteiger partial charge in [0, 0.05) is 19.6 Å². The number of sulfonamides is 1. The Morgan fingerprint density at radius 3 is 2.59 bits per heavy atom. The van der Waals surface area contributed by atoms with Gasteiger partial charge in [0.2, 0.25) is 15.9 Å². The topological polar surface area (TPSA) is 69.7 Å². The van der Waals surface area contributed by atoms with Gasteiger partial charge in [-0.15, -0.1) is 0 Å². The summed E-state index contributed by atoms with van der Waals surface area (Å²) in [5.74, 6) is -0.633. The van der Waals surface area contributed by atoms with Crippen molar-refractivity contribution in [3.05, 3.63) is 35.6 Å². The molecular formula is C19H30FN3O3S. The number of piperidine rings is 1. The second-order valence-electron chi connectivity index (χ2n) is 7.29. The Morgan fingerprint density at radius 1 is 1.33 bits per heavy atom. The van der Waals surface area contributed by atoms with E-state index in [2.05, 4.69) is 5.32 Å². The second-order valence-corrected chi connectivity index (χ2v) is 9.38. The Morgan fingerprint density at radius 2 is 2.00 bits per heavy atom. The molecule has 2 atom stereocenters. The quantitative estimate of drug-likeness (QED) is 0.726. The van der Waals surface area contributed by atoms with Crippen molar-refractivity contribution in [3.63, 3.8) is 0 Å². The number of amides is 1. The lowest BCUT2D eigenvalue weighted by atomic mass is 9.98. The van der Waals surface area contributed by atoms with Gasteiger partial charge in [-0.2, -0.15) is 0 Å². The molecule has 1 saturated heterocycles. The van der Waals surface area contributed by atoms with Crippen LogP contribution in [0.3, 0.4) is 0 Å². The van der Waals surface area contributed by atoms with Gasteiger partial charge >= 0.3 is 0 Å². The number of nitrogens with zero attached hydrogens (tertiary/aromatic N) is 2. The van der Waals surface area contributed by atoms with E-state index in [1.165, 1.54) is 16.4 Å². The minimum atomic E-state index is -3.28. The minimum absolute atomic E-state index is 0.0851. The van der Waals surface area contributed by atoms with Crippen molar-refractivity contribution in [2.45, 2.75) is 32.2 Å². The van der Waals surface area contributed by atoms with Gasteiger partial charge in [-0.05, 0) is 51.1 Å². The Balaban J connectivity index is 1.97. The van der Waals surface area contributed by atoms with E-state index in [1.807, 2.05) is 25.9 Å². The number of likely N-dealkylation sites (N-methyl/N-ethyl adjacent to an activating group) is 1. The molecule has 1 N–H and O–H groups in total. The van der Waals surface area contributed by atoms with Crippen LogP contribution in [-0.2, 0) is 14.8 Å². The second kappa shape index (κ2) is 9.61. The normalized spacial score (nSPS) is 19.8. The molecule has 0 aromatic heterocycles. The number of carbonyl (C=O) groups is 1. The Hall–Kier alpha value is -1.51. The Kier molecular flexibility index (Phi) is 7.76. The molecule has 2 rings (SSSR count). The molecule has 0 bridgehead atoms. The van der Waals surface area contributed by atoms with Gasteiger partial charge in [0.25, 0.3) is 0 Å². The first kappa shape index (κ1) is 21.8. The zero-order chi connectivity index (χ0) is 20.0. The smallest absolute Gasteiger partial charge is 0.224 e. The molecule has 0 radical (unpaired) electrons. The molecule has 1 fully saturated rings. The van der Waals surface area contributed by atoms with Crippen molar-refractivity contribution in [2.24, 2.45) is 5.92 Å². The summed E-state index contributed by atoms with van der Waals surface area (Å²) in [5.41, 5.74) is 0.914. The fourth-order valence-electron chi connectivity index (χ4n) is 3.42. The summed E-state index contributed by atoms with van der Waals surface area (Å²) in [5, 5.41) is 2.96. The van der Waals surface area contributed by atoms with Crippen LogP contribution in [0, 0.1) is 11.7 Å². The van der Waals surface area contributed by atoms with Gasteiger partial charge in [0.1, 0.15) is 5.82 Å². The van der Waals surface area contributed by atoms with E-state index in [0.29, 0.717) is 32.4 Å². The van der Waals surface area contributed by atoms with Crippen LogP contribution in [0.1, 0.15) is 37.8 Å². The predicted octanol–water partition coefficient (Wildman–Crippen LogP) is 2.00. The molecule has 2 unspecified atom stereocenters. The monoisotopic (exact) mass is 399 g/mol. The van der Waals surface area contributed by atoms with Gasteiger partial charge in [-0.1, -0.05) is 19.1 Å². The molecule has 1 aromatic carbocycles. The zero-order valence-electron chi connectivity index (χ0n) is 16.3. The minimum Gasteiger partial charge on any atom is -0.354 e. The summed E-state index contributed by atoms with van der Waals surface area (Å²) in [4.78, 5) is 14.6. The van der Waals surface area contributed by atoms with Crippen LogP contribution >= 0.6 is 0 Å². The van der Waals surface area contributed by atoms with Crippen molar-refractivity contribution in [2.75, 3.05) is 39.5 Å². The maximum absolute atomic E-state index is 13.2. The molecule has 0 saturated carbocycles. The predicted molar refractivity (Wildman–Crippen MR) is 104 cm³/mol. The molecule has 1 aromatic rings. The van der Waals surface area contributed by atoms with Crippen LogP contribution in [0.15, 0.2) is 24.3 Å². The highest BCUT2D eigenvalue weighted by Gasteiger charge is 2.32. The molecule has 1 amide bonds. The molecule has 8 heteroatoms. The van der Waals surface area contributed by atoms with Crippen molar-refractivity contribution >= 4 is 15.9 Å². The molecule has 0 spiro atoms. The van der Waals surface area contributed by atoms with Gasteiger partial charge in [-0.25, -0.2) is 17.1 Å². The van der Waals surface area contributed by atoms with Gasteiger partial charge in [0.15, 0.2) is 0 Å². The highest BCUT2D eigenvalue weighted by atomic mass is 32.2. The zero-order valence-corrected chi connectivity index (χ0v) is 17.1. The maximum atomic E-state index is 13.2. The van der Waals surface area contributed by atoms with Gasteiger partial charge < -0.3 is 10.2 Å². The highest BCUT2D eigenvalue weighted by molar-refractivity contribution is 7.89. The number of nitrogens with one attached hydrogen (secondary N) is 1. The molecule has 0 aliphatic carbocycles. The standard InChI is InChI=1S/C19H30FN3O3S/c1-4-12-27(25,26)23-11-5-6-16(14-23)19(24)21-13-18(22(2)3)15-7-9-17(20)10-8-15/h7-10,16,18H,4-6,11-14H2,1-3H3,(H,21,24). The van der Waals surface area contributed by atoms with E-state index in [0.717, 1.165) is 5.56 Å². The van der Waals surface area contributed by atoms with Gasteiger partial charge in [0.05, 0.1) is 17.7 Å². The lowest BCUT2D eigenvalue weighted by molar-refractivity contribution is -0.126. The average Bonchev–Trinajstić information content (AvgIpc) is 2.63. The highest BCUT2D eigenvalue weighted by Crippen LogP contribution is 2.21. The number of rotatable bonds is 8. The fourth-order valence-corrected chi connectivity index (χ4v) is 5.01. The van der Waals surface area contributed by atoms with E-state index in [-0.39, 0.29) is 36.0 Å². The maximum Gasteiger partial charge on any atom is 0.224 e. The molecule has 27 heavy (non-hydrogen) atoms. The van der Waals surface area contributed by atoms with Crippen LogP contribution in [0.2, 0.25) is 0 Å². The third kappa shape index (κ3) is 5.99. The van der Waals surface area contributed by atoms with Crippen LogP contribution in [0.25, 0.3) is 0 Å². The van der Waals surface area contributed by atoms with Crippen LogP contribution in [-0.4, -0.2) is 63.0 Å². The summed E-state index contributed by atoms with van der Waals surface area (Å²) < 4.78 is 39.2. The number of hydrogen-bond donors (Lipinski definition) is 1. The number of benzene rings is 1. The molecule has 1 aliphatic heterocycles. The first-order valence-corrected chi connectivity index (χ1v) is 11.0. The van der Waals surface area contributed by atoms with Crippen molar-refractivity contribution in [1.29, 1.82) is 0 Å². The third-order valence-corrected chi connectivity index (χ3v) is 7.00. The van der Waals surface area contributed by atoms with E-state index < -0.39 is 10.0 Å². The lowest BCUT2D eigenvalue weighted by Crippen LogP contribution is -2.47. The van der Waals surface area contributed by atoms with Crippen molar-refractivity contribution < 1.29 is 17.6 Å². The lowest BCUT2D eigenvalue weighted by Gasteiger charge is -2.32. The average molecular weight is 400 g/mol. The third-order valence-electron chi connectivity index (χ3n) is 4.96. The number of halogens is 1. The van der Waals surface area contributed by atoms with E-state index in [1.54, 1.807) is 12.1 Å². The largest absolute Gasteiger partial charge is 0.354 e. The van der Waals surface area contributed by atoms with Crippen LogP contribution in [0.5, 0.6) is 0 Å². The van der Waals surface area contributed by atoms with E-state index >= 15 is 0 Å². The van der Waals surface area contributed by atoms with Gasteiger partial charge in [-0.3, -0.25) is 4.79 Å². The van der Waals surface area contributed by atoms with Crippen molar-refractivity contribution in [3.8, 4) is 0 Å². The van der Waals surface area contributed by atoms with Crippen molar-refractivity contribution in [1.82, 2.24) is 14.5 Å². The summed E-state index contributed by atoms with van der Waals surface area (Å²) in [6, 6.07) is 6.16. The Bertz CT molecular complexity index is 722. The summed E-state index contributed by atoms with van der Waals surface area (Å²) in [7, 11) is 0.523.